The number of pyridine rings is 1. The Labute approximate surface area is 160 Å². The van der Waals surface area contributed by atoms with E-state index in [-0.39, 0.29) is 11.3 Å². The van der Waals surface area contributed by atoms with Gasteiger partial charge in [0.25, 0.3) is 0 Å². The summed E-state index contributed by atoms with van der Waals surface area (Å²) < 4.78 is 30.1. The SMILES string of the molecule is CC(Oc1ccc(Oc2ccc(C#N)cc2F)cc1)C(=O)Oc1cccnc1. The Morgan fingerprint density at radius 2 is 1.86 bits per heavy atom. The number of ether oxygens (including phenoxy) is 3. The smallest absolute Gasteiger partial charge is 0.352 e. The Hall–Kier alpha value is -3.92. The molecule has 0 spiro atoms. The van der Waals surface area contributed by atoms with Crippen molar-refractivity contribution in [3.8, 4) is 29.1 Å². The van der Waals surface area contributed by atoms with Crippen LogP contribution >= 0.6 is 0 Å². The van der Waals surface area contributed by atoms with Crippen molar-refractivity contribution in [3.63, 3.8) is 0 Å². The van der Waals surface area contributed by atoms with E-state index in [4.69, 9.17) is 19.5 Å². The molecule has 28 heavy (non-hydrogen) atoms. The molecule has 3 aromatic rings. The minimum atomic E-state index is -0.844. The number of hydrogen-bond acceptors (Lipinski definition) is 6. The van der Waals surface area contributed by atoms with Gasteiger partial charge >= 0.3 is 5.97 Å². The maximum Gasteiger partial charge on any atom is 0.352 e. The van der Waals surface area contributed by atoms with Crippen LogP contribution in [0, 0.1) is 17.1 Å². The van der Waals surface area contributed by atoms with Crippen LogP contribution in [0.15, 0.2) is 67.0 Å². The number of nitrogens with zero attached hydrogens (tertiary/aromatic N) is 2. The van der Waals surface area contributed by atoms with Crippen LogP contribution in [0.25, 0.3) is 0 Å². The lowest BCUT2D eigenvalue weighted by Crippen LogP contribution is -2.28. The summed E-state index contributed by atoms with van der Waals surface area (Å²) >= 11 is 0. The van der Waals surface area contributed by atoms with Gasteiger partial charge in [-0.1, -0.05) is 0 Å². The fourth-order valence-electron chi connectivity index (χ4n) is 2.23. The van der Waals surface area contributed by atoms with E-state index in [1.54, 1.807) is 49.5 Å². The summed E-state index contributed by atoms with van der Waals surface area (Å²) in [6.07, 6.45) is 2.16. The van der Waals surface area contributed by atoms with Crippen molar-refractivity contribution in [1.82, 2.24) is 4.98 Å². The van der Waals surface area contributed by atoms with Crippen LogP contribution in [0.5, 0.6) is 23.0 Å². The number of hydrogen-bond donors (Lipinski definition) is 0. The van der Waals surface area contributed by atoms with Gasteiger partial charge < -0.3 is 14.2 Å². The molecule has 0 bridgehead atoms. The Balaban J connectivity index is 1.59. The molecule has 0 aliphatic heterocycles. The molecule has 1 aromatic heterocycles. The number of carbonyl (C=O) groups is 1. The van der Waals surface area contributed by atoms with Crippen molar-refractivity contribution >= 4 is 5.97 Å². The average Bonchev–Trinajstić information content (AvgIpc) is 2.71. The molecule has 0 fully saturated rings. The van der Waals surface area contributed by atoms with Crippen molar-refractivity contribution in [2.75, 3.05) is 0 Å². The Morgan fingerprint density at radius 3 is 2.50 bits per heavy atom. The monoisotopic (exact) mass is 378 g/mol. The Bertz CT molecular complexity index is 1000. The normalized spacial score (nSPS) is 11.2. The maximum atomic E-state index is 13.9. The van der Waals surface area contributed by atoms with Crippen LogP contribution in [0.1, 0.15) is 12.5 Å². The van der Waals surface area contributed by atoms with Gasteiger partial charge in [-0.3, -0.25) is 4.98 Å². The lowest BCUT2D eigenvalue weighted by molar-refractivity contribution is -0.141. The van der Waals surface area contributed by atoms with Gasteiger partial charge in [0.1, 0.15) is 17.2 Å². The fraction of sp³-hybridized carbons (Fsp3) is 0.0952. The summed E-state index contributed by atoms with van der Waals surface area (Å²) in [5, 5.41) is 8.76. The molecule has 0 radical (unpaired) electrons. The third-order valence-corrected chi connectivity index (χ3v) is 3.61. The predicted molar refractivity (Wildman–Crippen MR) is 97.6 cm³/mol. The van der Waals surface area contributed by atoms with Crippen LogP contribution in [-0.2, 0) is 4.79 Å². The first-order valence-corrected chi connectivity index (χ1v) is 8.31. The molecule has 1 unspecified atom stereocenters. The molecule has 1 atom stereocenters. The Kier molecular flexibility index (Phi) is 5.82. The van der Waals surface area contributed by atoms with Gasteiger partial charge in [0, 0.05) is 6.20 Å². The molecule has 0 amide bonds. The highest BCUT2D eigenvalue weighted by molar-refractivity contribution is 5.77. The van der Waals surface area contributed by atoms with Gasteiger partial charge in [0.2, 0.25) is 0 Å². The summed E-state index contributed by atoms with van der Waals surface area (Å²) in [5.74, 6) is -0.0683. The van der Waals surface area contributed by atoms with Gasteiger partial charge in [0.15, 0.2) is 17.7 Å². The van der Waals surface area contributed by atoms with E-state index in [9.17, 15) is 9.18 Å². The maximum absolute atomic E-state index is 13.9. The van der Waals surface area contributed by atoms with Crippen LogP contribution < -0.4 is 14.2 Å². The van der Waals surface area contributed by atoms with Gasteiger partial charge in [-0.15, -0.1) is 0 Å². The molecule has 0 N–H and O–H groups in total. The summed E-state index contributed by atoms with van der Waals surface area (Å²) in [4.78, 5) is 15.9. The van der Waals surface area contributed by atoms with E-state index < -0.39 is 17.9 Å². The highest BCUT2D eigenvalue weighted by atomic mass is 19.1. The van der Waals surface area contributed by atoms with E-state index in [0.717, 1.165) is 6.07 Å². The minimum absolute atomic E-state index is 0.00100. The second kappa shape index (κ2) is 8.64. The number of nitriles is 1. The molecule has 0 saturated carbocycles. The topological polar surface area (TPSA) is 81.4 Å². The zero-order valence-corrected chi connectivity index (χ0v) is 14.8. The standard InChI is InChI=1S/C21H15FN2O4/c1-14(21(25)28-18-3-2-10-24-13-18)26-16-5-7-17(8-6-16)27-20-9-4-15(12-23)11-19(20)22/h2-11,13-14H,1H3. The van der Waals surface area contributed by atoms with Crippen LogP contribution in [0.3, 0.4) is 0 Å². The highest BCUT2D eigenvalue weighted by Crippen LogP contribution is 2.27. The van der Waals surface area contributed by atoms with Gasteiger partial charge in [0.05, 0.1) is 17.8 Å². The van der Waals surface area contributed by atoms with Gasteiger partial charge in [-0.25, -0.2) is 9.18 Å². The van der Waals surface area contributed by atoms with Crippen molar-refractivity contribution in [2.45, 2.75) is 13.0 Å². The van der Waals surface area contributed by atoms with E-state index in [0.29, 0.717) is 17.2 Å². The lowest BCUT2D eigenvalue weighted by Gasteiger charge is -2.14. The lowest BCUT2D eigenvalue weighted by atomic mass is 10.2. The first-order chi connectivity index (χ1) is 13.5. The van der Waals surface area contributed by atoms with Gasteiger partial charge in [-0.2, -0.15) is 5.26 Å². The second-order valence-corrected chi connectivity index (χ2v) is 5.70. The van der Waals surface area contributed by atoms with Crippen LogP contribution in [-0.4, -0.2) is 17.1 Å². The first kappa shape index (κ1) is 18.9. The third-order valence-electron chi connectivity index (χ3n) is 3.61. The summed E-state index contributed by atoms with van der Waals surface area (Å²) in [6, 6.07) is 15.4. The fourth-order valence-corrected chi connectivity index (χ4v) is 2.23. The minimum Gasteiger partial charge on any atom is -0.479 e. The quantitative estimate of drug-likeness (QED) is 0.596. The van der Waals surface area contributed by atoms with Crippen molar-refractivity contribution < 1.29 is 23.4 Å². The number of rotatable bonds is 6. The van der Waals surface area contributed by atoms with Crippen LogP contribution in [0.2, 0.25) is 0 Å². The van der Waals surface area contributed by atoms with E-state index in [1.165, 1.54) is 18.3 Å². The number of halogens is 1. The second-order valence-electron chi connectivity index (χ2n) is 5.70. The van der Waals surface area contributed by atoms with Crippen molar-refractivity contribution in [2.24, 2.45) is 0 Å². The average molecular weight is 378 g/mol. The number of carbonyl (C=O) groups excluding carboxylic acids is 1. The molecule has 7 heteroatoms. The molecule has 1 heterocycles. The van der Waals surface area contributed by atoms with E-state index >= 15 is 0 Å². The Morgan fingerprint density at radius 1 is 1.11 bits per heavy atom. The third kappa shape index (κ3) is 4.83. The van der Waals surface area contributed by atoms with Gasteiger partial charge in [-0.05, 0) is 61.5 Å². The van der Waals surface area contributed by atoms with Crippen LogP contribution in [0.4, 0.5) is 4.39 Å². The van der Waals surface area contributed by atoms with E-state index in [2.05, 4.69) is 4.98 Å². The number of esters is 1. The molecule has 0 saturated heterocycles. The zero-order chi connectivity index (χ0) is 19.9. The molecular weight excluding hydrogens is 363 g/mol. The summed E-state index contributed by atoms with van der Waals surface area (Å²) in [6.45, 7) is 1.56. The van der Waals surface area contributed by atoms with Crippen molar-refractivity contribution in [1.29, 1.82) is 5.26 Å². The summed E-state index contributed by atoms with van der Waals surface area (Å²) in [5.41, 5.74) is 0.209. The molecule has 2 aromatic carbocycles. The zero-order valence-electron chi connectivity index (χ0n) is 14.8. The largest absolute Gasteiger partial charge is 0.479 e. The molecular formula is C21H15FN2O4. The van der Waals surface area contributed by atoms with E-state index in [1.807, 2.05) is 6.07 Å². The predicted octanol–water partition coefficient (Wildman–Crippen LogP) is 4.26. The van der Waals surface area contributed by atoms with Crippen molar-refractivity contribution in [3.05, 3.63) is 78.4 Å². The highest BCUT2D eigenvalue weighted by Gasteiger charge is 2.17. The molecule has 0 aliphatic carbocycles. The molecule has 0 aliphatic rings. The first-order valence-electron chi connectivity index (χ1n) is 8.31. The number of benzene rings is 2. The molecule has 6 nitrogen and oxygen atoms in total. The molecule has 140 valence electrons. The number of aromatic nitrogens is 1. The summed E-state index contributed by atoms with van der Waals surface area (Å²) in [7, 11) is 0. The molecule has 3 rings (SSSR count).